The number of halogens is 6. The molecule has 0 aliphatic heterocycles. The molecule has 0 unspecified atom stereocenters. The molecule has 0 aromatic carbocycles. The third-order valence-corrected chi connectivity index (χ3v) is 4.71. The fraction of sp³-hybridized carbons (Fsp3) is 0.571. The lowest BCUT2D eigenvalue weighted by atomic mass is 9.87. The number of rotatable bonds is 2. The van der Waals surface area contributed by atoms with Gasteiger partial charge in [-0.1, -0.05) is 138 Å². The van der Waals surface area contributed by atoms with Crippen molar-refractivity contribution in [3.05, 3.63) is 51.4 Å². The zero-order valence-electron chi connectivity index (χ0n) is 24.0. The van der Waals surface area contributed by atoms with Crippen molar-refractivity contribution in [2.75, 3.05) is 10.2 Å². The maximum absolute atomic E-state index is 11.7. The number of hydrogen-bond donors (Lipinski definition) is 1. The van der Waals surface area contributed by atoms with E-state index in [2.05, 4.69) is 123 Å². The monoisotopic (exact) mass is 1030 g/mol. The second-order valence-corrected chi connectivity index (χ2v) is 18.9. The fourth-order valence-corrected chi connectivity index (χ4v) is 2.23. The van der Waals surface area contributed by atoms with Crippen LogP contribution in [0.5, 0.6) is 0 Å². The number of nitrogens with zero attached hydrogens (tertiary/aromatic N) is 2. The Kier molecular flexibility index (Phi) is 36.8. The van der Waals surface area contributed by atoms with Gasteiger partial charge in [0.15, 0.2) is 0 Å². The lowest BCUT2D eigenvalue weighted by molar-refractivity contribution is -0.125. The van der Waals surface area contributed by atoms with Crippen LogP contribution >= 0.6 is 111 Å². The number of carbonyl (C=O) groups is 2. The SMILES string of the molecule is C.CC.CC(C)(C)C(=O)Cc1cncc(Br)c1.CC(C)(C)C(=O)Cl.CC(I)I.CCI.Nc1cncc(Br)c1. The van der Waals surface area contributed by atoms with Gasteiger partial charge < -0.3 is 5.73 Å². The summed E-state index contributed by atoms with van der Waals surface area (Å²) in [6.07, 6.45) is 7.19. The van der Waals surface area contributed by atoms with Crippen LogP contribution in [0.1, 0.15) is 82.2 Å². The van der Waals surface area contributed by atoms with E-state index in [0.717, 1.165) is 16.4 Å². The molecule has 0 spiro atoms. The smallest absolute Gasteiger partial charge is 0.226 e. The first kappa shape index (κ1) is 49.6. The van der Waals surface area contributed by atoms with Gasteiger partial charge in [-0.05, 0) is 72.5 Å². The first-order valence-electron chi connectivity index (χ1n) is 11.8. The number of alkyl halides is 3. The van der Waals surface area contributed by atoms with Crippen LogP contribution in [0.3, 0.4) is 0 Å². The first-order chi connectivity index (χ1) is 17.3. The number of ketones is 1. The van der Waals surface area contributed by atoms with E-state index in [1.54, 1.807) is 51.6 Å². The van der Waals surface area contributed by atoms with E-state index in [1.807, 2.05) is 40.7 Å². The van der Waals surface area contributed by atoms with Gasteiger partial charge in [0, 0.05) is 51.0 Å². The topological polar surface area (TPSA) is 85.9 Å². The number of Topliss-reactive ketones (excluding diaryl/α,β-unsaturated/α-hetero) is 1. The zero-order chi connectivity index (χ0) is 31.1. The molecular formula is C28H47Br2ClI3N3O2. The van der Waals surface area contributed by atoms with Gasteiger partial charge in [-0.3, -0.25) is 19.6 Å². The van der Waals surface area contributed by atoms with Crippen LogP contribution in [-0.2, 0) is 16.0 Å². The Morgan fingerprint density at radius 3 is 1.49 bits per heavy atom. The van der Waals surface area contributed by atoms with E-state index in [-0.39, 0.29) is 29.3 Å². The summed E-state index contributed by atoms with van der Waals surface area (Å²) in [5.41, 5.74) is 6.35. The Morgan fingerprint density at radius 2 is 1.26 bits per heavy atom. The molecule has 2 heterocycles. The third-order valence-electron chi connectivity index (χ3n) is 3.28. The molecule has 228 valence electrons. The number of nitrogen functional groups attached to an aromatic ring is 1. The largest absolute Gasteiger partial charge is 0.397 e. The van der Waals surface area contributed by atoms with E-state index >= 15 is 0 Å². The first-order valence-corrected chi connectivity index (χ1v) is 17.8. The molecule has 0 aliphatic rings. The second kappa shape index (κ2) is 29.0. The van der Waals surface area contributed by atoms with Crippen LogP contribution in [0.4, 0.5) is 5.69 Å². The van der Waals surface area contributed by atoms with E-state index in [4.69, 9.17) is 17.3 Å². The van der Waals surface area contributed by atoms with Crippen molar-refractivity contribution in [3.8, 4) is 0 Å². The minimum absolute atomic E-state index is 0. The van der Waals surface area contributed by atoms with Crippen molar-refractivity contribution in [2.45, 2.75) is 85.0 Å². The normalized spacial score (nSPS) is 9.56. The van der Waals surface area contributed by atoms with Crippen LogP contribution in [0.25, 0.3) is 0 Å². The highest BCUT2D eigenvalue weighted by atomic mass is 127. The van der Waals surface area contributed by atoms with Gasteiger partial charge >= 0.3 is 0 Å². The van der Waals surface area contributed by atoms with Crippen molar-refractivity contribution < 1.29 is 9.59 Å². The second-order valence-electron chi connectivity index (χ2n) is 9.11. The standard InChI is InChI=1S/C11H14BrNO.C5H5BrN2.C5H9ClO.C2H4I2.C2H5I.C2H6.CH4/c1-11(2,3)10(14)5-8-4-9(12)7-13-6-8;6-4-1-5(7)3-8-2-4;1-5(2,3)4(6)7;1-2(3)4;1-2-3;1-2;/h4,6-7H,5H2,1-3H3;1-3H,7H2;1-3H3;2H,1H3;2H2,1H3;1-2H3;1H4. The van der Waals surface area contributed by atoms with Gasteiger partial charge in [-0.15, -0.1) is 0 Å². The number of nitrogens with two attached hydrogens (primary N) is 1. The third kappa shape index (κ3) is 38.9. The number of aromatic nitrogens is 2. The van der Waals surface area contributed by atoms with Crippen LogP contribution in [0.15, 0.2) is 45.9 Å². The fourth-order valence-electron chi connectivity index (χ4n) is 1.43. The van der Waals surface area contributed by atoms with Gasteiger partial charge in [0.05, 0.1) is 7.62 Å². The number of anilines is 1. The molecular weight excluding hydrogens is 986 g/mol. The summed E-state index contributed by atoms with van der Waals surface area (Å²) in [4.78, 5) is 29.8. The van der Waals surface area contributed by atoms with E-state index < -0.39 is 0 Å². The Labute approximate surface area is 301 Å². The van der Waals surface area contributed by atoms with Crippen LogP contribution in [0.2, 0.25) is 0 Å². The molecule has 2 aromatic rings. The summed E-state index contributed by atoms with van der Waals surface area (Å²) in [7, 11) is 0. The summed E-state index contributed by atoms with van der Waals surface area (Å²) in [6, 6.07) is 3.73. The Hall–Kier alpha value is 0.880. The minimum Gasteiger partial charge on any atom is -0.397 e. The predicted molar refractivity (Wildman–Crippen MR) is 207 cm³/mol. The lowest BCUT2D eigenvalue weighted by Crippen LogP contribution is -2.22. The van der Waals surface area contributed by atoms with Crippen molar-refractivity contribution in [1.82, 2.24) is 9.97 Å². The van der Waals surface area contributed by atoms with E-state index in [0.29, 0.717) is 12.1 Å². The quantitative estimate of drug-likeness (QED) is 0.184. The molecule has 0 fully saturated rings. The average Bonchev–Trinajstić information content (AvgIpc) is 2.75. The highest BCUT2D eigenvalue weighted by molar-refractivity contribution is 14.2. The molecule has 0 amide bonds. The molecule has 0 saturated heterocycles. The highest BCUT2D eigenvalue weighted by Gasteiger charge is 2.21. The Bertz CT molecular complexity index is 873. The highest BCUT2D eigenvalue weighted by Crippen LogP contribution is 2.19. The number of pyridine rings is 2. The number of carbonyl (C=O) groups excluding carboxylic acids is 2. The molecule has 5 nitrogen and oxygen atoms in total. The van der Waals surface area contributed by atoms with Crippen LogP contribution in [-0.4, -0.2) is 27.4 Å². The molecule has 0 atom stereocenters. The van der Waals surface area contributed by atoms with Crippen molar-refractivity contribution in [3.63, 3.8) is 0 Å². The molecule has 0 aliphatic carbocycles. The summed E-state index contributed by atoms with van der Waals surface area (Å²) in [5, 5.41) is -0.285. The molecule has 2 N–H and O–H groups in total. The predicted octanol–water partition coefficient (Wildman–Crippen LogP) is 11.5. The van der Waals surface area contributed by atoms with Crippen molar-refractivity contribution in [1.29, 1.82) is 0 Å². The maximum atomic E-state index is 11.7. The summed E-state index contributed by atoms with van der Waals surface area (Å²) >= 11 is 18.6. The van der Waals surface area contributed by atoms with Gasteiger partial charge in [0.1, 0.15) is 5.78 Å². The molecule has 0 bridgehead atoms. The Balaban J connectivity index is -0.000000133. The van der Waals surface area contributed by atoms with Gasteiger partial charge in [-0.2, -0.15) is 0 Å². The van der Waals surface area contributed by atoms with Crippen LogP contribution in [0, 0.1) is 10.8 Å². The molecule has 11 heteroatoms. The lowest BCUT2D eigenvalue weighted by Gasteiger charge is -2.16. The van der Waals surface area contributed by atoms with Crippen molar-refractivity contribution in [2.24, 2.45) is 10.8 Å². The molecule has 39 heavy (non-hydrogen) atoms. The summed E-state index contributed by atoms with van der Waals surface area (Å²) in [5.74, 6) is 0.234. The van der Waals surface area contributed by atoms with Gasteiger partial charge in [0.25, 0.3) is 0 Å². The minimum atomic E-state index is -0.373. The van der Waals surface area contributed by atoms with Crippen LogP contribution < -0.4 is 5.73 Å². The summed E-state index contributed by atoms with van der Waals surface area (Å²) in [6.45, 7) is 19.4. The number of hydrogen-bond acceptors (Lipinski definition) is 5. The summed E-state index contributed by atoms with van der Waals surface area (Å²) < 4.78 is 3.82. The molecule has 2 aromatic heterocycles. The van der Waals surface area contributed by atoms with Gasteiger partial charge in [0.2, 0.25) is 5.24 Å². The van der Waals surface area contributed by atoms with Crippen molar-refractivity contribution >= 4 is 128 Å². The molecule has 0 saturated carbocycles. The molecule has 2 rings (SSSR count). The Morgan fingerprint density at radius 1 is 0.923 bits per heavy atom. The van der Waals surface area contributed by atoms with Gasteiger partial charge in [-0.25, -0.2) is 0 Å². The average molecular weight is 1030 g/mol. The maximum Gasteiger partial charge on any atom is 0.226 e. The van der Waals surface area contributed by atoms with E-state index in [1.165, 1.54) is 4.43 Å². The zero-order valence-corrected chi connectivity index (χ0v) is 34.4. The molecule has 0 radical (unpaired) electrons. The van der Waals surface area contributed by atoms with E-state index in [9.17, 15) is 9.59 Å².